The van der Waals surface area contributed by atoms with Gasteiger partial charge < -0.3 is 4.98 Å². The molecule has 0 bridgehead atoms. The second-order valence-corrected chi connectivity index (χ2v) is 10.9. The van der Waals surface area contributed by atoms with E-state index in [2.05, 4.69) is 29.3 Å². The minimum atomic E-state index is -3.19. The van der Waals surface area contributed by atoms with E-state index in [1.54, 1.807) is 6.20 Å². The maximum Gasteiger partial charge on any atom is 0.215 e. The molecule has 0 aliphatic heterocycles. The largest absolute Gasteiger partial charge is 0.345 e. The van der Waals surface area contributed by atoms with E-state index >= 15 is 0 Å². The summed E-state index contributed by atoms with van der Waals surface area (Å²) >= 11 is 0. The Bertz CT molecular complexity index is 1240. The minimum absolute atomic E-state index is 0.0107. The van der Waals surface area contributed by atoms with Gasteiger partial charge in [-0.1, -0.05) is 0 Å². The molecule has 27 heavy (non-hydrogen) atoms. The van der Waals surface area contributed by atoms with Crippen molar-refractivity contribution in [3.63, 3.8) is 0 Å². The second-order valence-electron chi connectivity index (χ2n) is 8.96. The Morgan fingerprint density at radius 3 is 2.81 bits per heavy atom. The van der Waals surface area contributed by atoms with E-state index in [0.717, 1.165) is 67.6 Å². The molecule has 0 amide bonds. The quantitative estimate of drug-likeness (QED) is 0.711. The summed E-state index contributed by atoms with van der Waals surface area (Å²) in [5.74, 6) is 0.983. The lowest BCUT2D eigenvalue weighted by atomic mass is 9.64. The molecule has 0 aromatic carbocycles. The van der Waals surface area contributed by atoms with E-state index < -0.39 is 10.0 Å². The summed E-state index contributed by atoms with van der Waals surface area (Å²) in [4.78, 5) is 7.57. The Balaban J connectivity index is 1.37. The fraction of sp³-hybridized carbons (Fsp3) is 0.611. The number of hydrogen-bond donors (Lipinski definition) is 2. The Morgan fingerprint density at radius 1 is 1.19 bits per heavy atom. The topological polar surface area (TPSA) is 105 Å². The fourth-order valence-electron chi connectivity index (χ4n) is 6.30. The fourth-order valence-corrected chi connectivity index (χ4v) is 8.17. The van der Waals surface area contributed by atoms with Gasteiger partial charge in [0.2, 0.25) is 10.0 Å². The second kappa shape index (κ2) is 4.20. The van der Waals surface area contributed by atoms with Crippen LogP contribution in [-0.2, 0) is 15.4 Å². The first-order valence-electron chi connectivity index (χ1n) is 9.71. The van der Waals surface area contributed by atoms with Crippen LogP contribution in [-0.4, -0.2) is 43.8 Å². The Kier molecular flexibility index (Phi) is 2.33. The van der Waals surface area contributed by atoms with Crippen molar-refractivity contribution in [2.24, 2.45) is 5.41 Å². The van der Waals surface area contributed by atoms with Crippen molar-refractivity contribution >= 4 is 26.8 Å². The van der Waals surface area contributed by atoms with Gasteiger partial charge in [-0.3, -0.25) is 4.40 Å². The molecule has 3 unspecified atom stereocenters. The van der Waals surface area contributed by atoms with Gasteiger partial charge in [0, 0.05) is 22.6 Å². The zero-order chi connectivity index (χ0) is 18.1. The lowest BCUT2D eigenvalue weighted by Crippen LogP contribution is -2.61. The molecule has 7 rings (SSSR count). The molecule has 3 aromatic heterocycles. The average Bonchev–Trinajstić information content (AvgIpc) is 3.49. The van der Waals surface area contributed by atoms with Crippen LogP contribution in [0.15, 0.2) is 18.5 Å². The summed E-state index contributed by atoms with van der Waals surface area (Å²) < 4.78 is 30.7. The van der Waals surface area contributed by atoms with Crippen molar-refractivity contribution in [1.29, 1.82) is 0 Å². The number of H-pyrrole nitrogens is 1. The summed E-state index contributed by atoms with van der Waals surface area (Å²) in [5.41, 5.74) is 2.23. The molecule has 4 saturated carbocycles. The number of aromatic nitrogens is 5. The highest BCUT2D eigenvalue weighted by Crippen LogP contribution is 2.84. The van der Waals surface area contributed by atoms with E-state index in [0.29, 0.717) is 0 Å². The molecule has 4 aliphatic rings. The number of aromatic amines is 1. The SMILES string of the molecule is O=S(=O)(NC12CCC3(c4nnc5cnc6[nH]ccc6n45)CC13CC2)C1CC1. The lowest BCUT2D eigenvalue weighted by Gasteiger charge is -2.49. The van der Waals surface area contributed by atoms with E-state index in [-0.39, 0.29) is 21.6 Å². The molecule has 4 aliphatic carbocycles. The van der Waals surface area contributed by atoms with Gasteiger partial charge in [-0.15, -0.1) is 10.2 Å². The first-order valence-corrected chi connectivity index (χ1v) is 11.3. The highest BCUT2D eigenvalue weighted by atomic mass is 32.2. The first-order chi connectivity index (χ1) is 13.0. The molecule has 140 valence electrons. The molecule has 3 aromatic rings. The number of nitrogens with one attached hydrogen (secondary N) is 2. The van der Waals surface area contributed by atoms with E-state index in [9.17, 15) is 8.42 Å². The van der Waals surface area contributed by atoms with E-state index in [1.807, 2.05) is 12.3 Å². The molecule has 0 radical (unpaired) electrons. The molecule has 9 heteroatoms. The van der Waals surface area contributed by atoms with Gasteiger partial charge in [0.25, 0.3) is 0 Å². The van der Waals surface area contributed by atoms with Crippen molar-refractivity contribution in [1.82, 2.24) is 29.3 Å². The van der Waals surface area contributed by atoms with Crippen LogP contribution in [0.3, 0.4) is 0 Å². The smallest absolute Gasteiger partial charge is 0.215 e. The van der Waals surface area contributed by atoms with Crippen molar-refractivity contribution in [2.75, 3.05) is 0 Å². The summed E-state index contributed by atoms with van der Waals surface area (Å²) in [6, 6.07) is 2.01. The third kappa shape index (κ3) is 1.53. The molecule has 3 atom stereocenters. The van der Waals surface area contributed by atoms with Crippen LogP contribution in [0.1, 0.15) is 50.8 Å². The van der Waals surface area contributed by atoms with Gasteiger partial charge in [-0.25, -0.2) is 18.1 Å². The number of rotatable bonds is 4. The number of hydrogen-bond acceptors (Lipinski definition) is 5. The third-order valence-corrected chi connectivity index (χ3v) is 9.96. The van der Waals surface area contributed by atoms with Crippen LogP contribution < -0.4 is 4.72 Å². The molecule has 2 N–H and O–H groups in total. The van der Waals surface area contributed by atoms with E-state index in [1.165, 1.54) is 0 Å². The van der Waals surface area contributed by atoms with Gasteiger partial charge in [0.05, 0.1) is 17.0 Å². The standard InChI is InChI=1S/C18H20N6O2S/c25-27(26,11-1-2-11)23-18-6-4-16(10-17(16,18)5-7-18)15-22-21-13-9-20-14-12(24(13)15)3-8-19-14/h3,8-9,11,19,23H,1-2,4-7,10H2. The Hall–Kier alpha value is -2.00. The molecule has 1 spiro atoms. The molecule has 4 fully saturated rings. The molecule has 0 saturated heterocycles. The molecular weight excluding hydrogens is 364 g/mol. The van der Waals surface area contributed by atoms with Crippen LogP contribution in [0, 0.1) is 5.41 Å². The van der Waals surface area contributed by atoms with Crippen LogP contribution in [0.4, 0.5) is 0 Å². The van der Waals surface area contributed by atoms with E-state index in [4.69, 9.17) is 0 Å². The van der Waals surface area contributed by atoms with Crippen LogP contribution >= 0.6 is 0 Å². The molecular formula is C18H20N6O2S. The lowest BCUT2D eigenvalue weighted by molar-refractivity contribution is 0.0931. The maximum atomic E-state index is 12.7. The predicted octanol–water partition coefficient (Wildman–Crippen LogP) is 1.64. The van der Waals surface area contributed by atoms with Crippen LogP contribution in [0.5, 0.6) is 0 Å². The van der Waals surface area contributed by atoms with Crippen molar-refractivity contribution in [3.8, 4) is 0 Å². The average molecular weight is 384 g/mol. The Labute approximate surface area is 155 Å². The number of sulfonamides is 1. The number of fused-ring (bicyclic) bond motifs is 3. The molecule has 3 heterocycles. The van der Waals surface area contributed by atoms with Crippen molar-refractivity contribution in [3.05, 3.63) is 24.3 Å². The van der Waals surface area contributed by atoms with Gasteiger partial charge >= 0.3 is 0 Å². The third-order valence-electron chi connectivity index (χ3n) is 7.94. The van der Waals surface area contributed by atoms with Crippen LogP contribution in [0.25, 0.3) is 16.8 Å². The summed E-state index contributed by atoms with van der Waals surface area (Å²) in [7, 11) is -3.19. The normalized spacial score (nSPS) is 37.3. The van der Waals surface area contributed by atoms with Crippen molar-refractivity contribution in [2.45, 2.75) is 61.1 Å². The minimum Gasteiger partial charge on any atom is -0.345 e. The maximum absolute atomic E-state index is 12.7. The Morgan fingerprint density at radius 2 is 2.04 bits per heavy atom. The zero-order valence-corrected chi connectivity index (χ0v) is 15.6. The first kappa shape index (κ1) is 15.0. The van der Waals surface area contributed by atoms with Gasteiger partial charge in [0.1, 0.15) is 5.82 Å². The highest BCUT2D eigenvalue weighted by Gasteiger charge is 2.86. The zero-order valence-electron chi connectivity index (χ0n) is 14.8. The summed E-state index contributed by atoms with van der Waals surface area (Å²) in [6.45, 7) is 0. The highest BCUT2D eigenvalue weighted by molar-refractivity contribution is 7.90. The summed E-state index contributed by atoms with van der Waals surface area (Å²) in [5, 5.41) is 8.80. The monoisotopic (exact) mass is 384 g/mol. The van der Waals surface area contributed by atoms with Gasteiger partial charge in [0.15, 0.2) is 11.3 Å². The summed E-state index contributed by atoms with van der Waals surface area (Å²) in [6.07, 6.45) is 10.1. The number of nitrogens with zero attached hydrogens (tertiary/aromatic N) is 4. The van der Waals surface area contributed by atoms with Gasteiger partial charge in [-0.2, -0.15) is 0 Å². The van der Waals surface area contributed by atoms with Crippen LogP contribution in [0.2, 0.25) is 0 Å². The van der Waals surface area contributed by atoms with Crippen molar-refractivity contribution < 1.29 is 8.42 Å². The molecule has 8 nitrogen and oxygen atoms in total. The van der Waals surface area contributed by atoms with Gasteiger partial charge in [-0.05, 0) is 51.0 Å². The predicted molar refractivity (Wildman–Crippen MR) is 97.6 cm³/mol.